The van der Waals surface area contributed by atoms with Crippen LogP contribution in [0.5, 0.6) is 0 Å². The van der Waals surface area contributed by atoms with Crippen molar-refractivity contribution in [2.75, 3.05) is 0 Å². The lowest BCUT2D eigenvalue weighted by Gasteiger charge is -2.11. The van der Waals surface area contributed by atoms with E-state index in [1.807, 2.05) is 6.92 Å². The molecule has 0 aromatic carbocycles. The van der Waals surface area contributed by atoms with Gasteiger partial charge in [0.05, 0.1) is 12.3 Å². The first-order valence-corrected chi connectivity index (χ1v) is 13.1. The fourth-order valence-corrected chi connectivity index (χ4v) is 3.78. The van der Waals surface area contributed by atoms with E-state index < -0.39 is 11.9 Å². The Hall–Kier alpha value is -1.06. The largest absolute Gasteiger partial charge is 0.358 e. The van der Waals surface area contributed by atoms with E-state index in [2.05, 4.69) is 13.8 Å². The van der Waals surface area contributed by atoms with Crippen LogP contribution in [-0.4, -0.2) is 11.9 Å². The summed E-state index contributed by atoms with van der Waals surface area (Å²) in [7, 11) is 0. The first kappa shape index (κ1) is 28.9. The predicted octanol–water partition coefficient (Wildman–Crippen LogP) is 8.47. The molecule has 1 atom stereocenters. The van der Waals surface area contributed by atoms with E-state index in [-0.39, 0.29) is 5.92 Å². The van der Waals surface area contributed by atoms with E-state index in [1.165, 1.54) is 83.5 Å². The third-order valence-electron chi connectivity index (χ3n) is 5.93. The van der Waals surface area contributed by atoms with Crippen molar-refractivity contribution in [3.8, 4) is 0 Å². The molecule has 0 fully saturated rings. The number of rotatable bonds is 21. The van der Waals surface area contributed by atoms with Crippen LogP contribution in [0.2, 0.25) is 0 Å². The normalized spacial score (nSPS) is 12.0. The summed E-state index contributed by atoms with van der Waals surface area (Å²) in [5.74, 6) is -0.997. The minimum atomic E-state index is -0.427. The van der Waals surface area contributed by atoms with Gasteiger partial charge >= 0.3 is 11.9 Å². The van der Waals surface area contributed by atoms with Crippen molar-refractivity contribution in [3.05, 3.63) is 0 Å². The summed E-state index contributed by atoms with van der Waals surface area (Å²) < 4.78 is 0. The Labute approximate surface area is 186 Å². The van der Waals surface area contributed by atoms with Crippen LogP contribution in [0.4, 0.5) is 0 Å². The molecule has 0 aliphatic rings. The predicted molar refractivity (Wildman–Crippen MR) is 125 cm³/mol. The molecule has 0 aliphatic carbocycles. The zero-order valence-electron chi connectivity index (χ0n) is 20.4. The van der Waals surface area contributed by atoms with Gasteiger partial charge in [0.1, 0.15) is 0 Å². The molecule has 0 rings (SSSR count). The smallest absolute Gasteiger partial charge is 0.247 e. The summed E-state index contributed by atoms with van der Waals surface area (Å²) >= 11 is 0. The van der Waals surface area contributed by atoms with E-state index in [9.17, 15) is 9.59 Å². The van der Waals surface area contributed by atoms with Crippen molar-refractivity contribution < 1.29 is 19.4 Å². The molecule has 0 aromatic heterocycles. The maximum Gasteiger partial charge on any atom is 0.358 e. The van der Waals surface area contributed by atoms with Gasteiger partial charge < -0.3 is 0 Å². The zero-order valence-corrected chi connectivity index (χ0v) is 20.4. The summed E-state index contributed by atoms with van der Waals surface area (Å²) in [4.78, 5) is 33.0. The molecule has 1 unspecified atom stereocenters. The molecule has 0 saturated carbocycles. The Morgan fingerprint density at radius 3 is 1.43 bits per heavy atom. The van der Waals surface area contributed by atoms with Gasteiger partial charge in [0, 0.05) is 0 Å². The van der Waals surface area contributed by atoms with Gasteiger partial charge in [-0.15, -0.1) is 0 Å². The number of hydrogen-bond donors (Lipinski definition) is 0. The molecule has 4 heteroatoms. The number of unbranched alkanes of at least 4 members (excludes halogenated alkanes) is 15. The van der Waals surface area contributed by atoms with Gasteiger partial charge in [-0.25, -0.2) is 19.4 Å². The highest BCUT2D eigenvalue weighted by molar-refractivity contribution is 5.74. The van der Waals surface area contributed by atoms with Gasteiger partial charge in [-0.05, 0) is 19.3 Å². The van der Waals surface area contributed by atoms with Crippen molar-refractivity contribution in [2.24, 2.45) is 5.92 Å². The van der Waals surface area contributed by atoms with Gasteiger partial charge in [0.25, 0.3) is 0 Å². The molecule has 178 valence electrons. The lowest BCUT2D eigenvalue weighted by Crippen LogP contribution is -2.19. The monoisotopic (exact) mass is 426 g/mol. The van der Waals surface area contributed by atoms with Crippen LogP contribution >= 0.6 is 0 Å². The molecule has 0 saturated heterocycles. The molecule has 0 aromatic rings. The second-order valence-corrected chi connectivity index (χ2v) is 8.80. The van der Waals surface area contributed by atoms with Crippen molar-refractivity contribution in [2.45, 2.75) is 149 Å². The van der Waals surface area contributed by atoms with Crippen LogP contribution in [0.1, 0.15) is 149 Å². The minimum Gasteiger partial charge on any atom is -0.247 e. The van der Waals surface area contributed by atoms with Gasteiger partial charge in [-0.2, -0.15) is 0 Å². The summed E-state index contributed by atoms with van der Waals surface area (Å²) in [6.07, 6.45) is 23.3. The average molecular weight is 427 g/mol. The van der Waals surface area contributed by atoms with E-state index >= 15 is 0 Å². The second-order valence-electron chi connectivity index (χ2n) is 8.80. The molecule has 0 radical (unpaired) electrons. The lowest BCUT2D eigenvalue weighted by atomic mass is 10.00. The van der Waals surface area contributed by atoms with Crippen LogP contribution in [-0.2, 0) is 19.4 Å². The molecular weight excluding hydrogens is 376 g/mol. The highest BCUT2D eigenvalue weighted by atomic mass is 17.2. The van der Waals surface area contributed by atoms with E-state index in [1.54, 1.807) is 0 Å². The summed E-state index contributed by atoms with van der Waals surface area (Å²) in [6.45, 7) is 6.32. The van der Waals surface area contributed by atoms with Crippen molar-refractivity contribution >= 4 is 11.9 Å². The van der Waals surface area contributed by atoms with E-state index in [4.69, 9.17) is 9.78 Å². The Morgan fingerprint density at radius 1 is 0.567 bits per heavy atom. The molecule has 0 bridgehead atoms. The Morgan fingerprint density at radius 2 is 1.00 bits per heavy atom. The third-order valence-corrected chi connectivity index (χ3v) is 5.93. The molecule has 0 aliphatic heterocycles. The molecule has 0 amide bonds. The maximum atomic E-state index is 11.9. The Bertz CT molecular complexity index is 394. The topological polar surface area (TPSA) is 52.6 Å². The summed E-state index contributed by atoms with van der Waals surface area (Å²) in [6, 6.07) is 0. The SMILES string of the molecule is CCCCCCCCCCCCCCCCCC(=O)OOC(=O)C(CC)CCCC. The third kappa shape index (κ3) is 18.9. The number of carbonyl (C=O) groups is 2. The van der Waals surface area contributed by atoms with Crippen LogP contribution in [0.25, 0.3) is 0 Å². The van der Waals surface area contributed by atoms with E-state index in [0.29, 0.717) is 6.42 Å². The van der Waals surface area contributed by atoms with Gasteiger partial charge in [0.2, 0.25) is 0 Å². The fourth-order valence-electron chi connectivity index (χ4n) is 3.78. The van der Waals surface area contributed by atoms with Crippen molar-refractivity contribution in [3.63, 3.8) is 0 Å². The van der Waals surface area contributed by atoms with Gasteiger partial charge in [0.15, 0.2) is 0 Å². The first-order chi connectivity index (χ1) is 14.7. The number of hydrogen-bond acceptors (Lipinski definition) is 4. The molecule has 4 nitrogen and oxygen atoms in total. The maximum absolute atomic E-state index is 11.9. The quantitative estimate of drug-likeness (QED) is 0.105. The molecule has 0 N–H and O–H groups in total. The van der Waals surface area contributed by atoms with Crippen LogP contribution in [0, 0.1) is 5.92 Å². The molecular formula is C26H50O4. The Kier molecular flexibility index (Phi) is 21.8. The molecule has 0 heterocycles. The highest BCUT2D eigenvalue weighted by Gasteiger charge is 2.20. The molecule has 0 spiro atoms. The van der Waals surface area contributed by atoms with Crippen LogP contribution in [0.3, 0.4) is 0 Å². The van der Waals surface area contributed by atoms with Crippen molar-refractivity contribution in [1.29, 1.82) is 0 Å². The Balaban J connectivity index is 3.40. The summed E-state index contributed by atoms with van der Waals surface area (Å²) in [5, 5.41) is 0. The highest BCUT2D eigenvalue weighted by Crippen LogP contribution is 2.16. The second kappa shape index (κ2) is 22.6. The minimum absolute atomic E-state index is 0.163. The molecule has 30 heavy (non-hydrogen) atoms. The van der Waals surface area contributed by atoms with Gasteiger partial charge in [-0.1, -0.05) is 124 Å². The first-order valence-electron chi connectivity index (χ1n) is 13.1. The zero-order chi connectivity index (χ0) is 22.3. The summed E-state index contributed by atoms with van der Waals surface area (Å²) in [5.41, 5.74) is 0. The van der Waals surface area contributed by atoms with Crippen molar-refractivity contribution in [1.82, 2.24) is 0 Å². The fraction of sp³-hybridized carbons (Fsp3) is 0.923. The van der Waals surface area contributed by atoms with Crippen LogP contribution in [0.15, 0.2) is 0 Å². The number of carbonyl (C=O) groups excluding carboxylic acids is 2. The standard InChI is InChI=1S/C26H50O4/c1-4-7-9-10-11-12-13-14-15-16-17-18-19-20-21-23-25(27)29-30-26(28)24(6-3)22-8-5-2/h24H,4-23H2,1-3H3. The average Bonchev–Trinajstić information content (AvgIpc) is 2.75. The van der Waals surface area contributed by atoms with Crippen LogP contribution < -0.4 is 0 Å². The lowest BCUT2D eigenvalue weighted by molar-refractivity contribution is -0.262. The van der Waals surface area contributed by atoms with Gasteiger partial charge in [-0.3, -0.25) is 0 Å². The van der Waals surface area contributed by atoms with E-state index in [0.717, 1.165) is 38.5 Å².